The van der Waals surface area contributed by atoms with Gasteiger partial charge in [0.05, 0.1) is 12.7 Å². The standard InChI is InChI=1S/C6H15NO5.Rb.H/c7-1-3(9)5(11)6(12)4(10)2-8;;/h3-6,8-12H,1-2,7H2;;/t3-,4+,5+,6+;;/m0../s1. The molecule has 13 heavy (non-hydrogen) atoms. The molecule has 0 saturated carbocycles. The number of aliphatic hydroxyl groups is 5. The third-order valence-corrected chi connectivity index (χ3v) is 1.57. The number of nitrogens with two attached hydrogens (primary N) is 1. The molecule has 0 rings (SSSR count). The molecule has 0 aromatic heterocycles. The van der Waals surface area contributed by atoms with Crippen LogP contribution >= 0.6 is 0 Å². The summed E-state index contributed by atoms with van der Waals surface area (Å²) in [5.74, 6) is 0. The van der Waals surface area contributed by atoms with Crippen molar-refractivity contribution in [3.05, 3.63) is 0 Å². The predicted molar refractivity (Wildman–Crippen MR) is 47.3 cm³/mol. The van der Waals surface area contributed by atoms with E-state index in [4.69, 9.17) is 31.3 Å². The van der Waals surface area contributed by atoms with Crippen LogP contribution < -0.4 is 5.73 Å². The van der Waals surface area contributed by atoms with E-state index < -0.39 is 31.0 Å². The number of rotatable bonds is 5. The first-order chi connectivity index (χ1) is 5.54. The summed E-state index contributed by atoms with van der Waals surface area (Å²) in [6.07, 6.45) is -5.91. The molecule has 0 amide bonds. The molecule has 4 atom stereocenters. The van der Waals surface area contributed by atoms with Crippen molar-refractivity contribution in [1.82, 2.24) is 0 Å². The molecule has 0 aliphatic rings. The van der Waals surface area contributed by atoms with Gasteiger partial charge in [-0.3, -0.25) is 0 Å². The first kappa shape index (κ1) is 17.0. The van der Waals surface area contributed by atoms with Crippen LogP contribution in [0.1, 0.15) is 0 Å². The van der Waals surface area contributed by atoms with Gasteiger partial charge in [0, 0.05) is 6.54 Å². The van der Waals surface area contributed by atoms with Crippen LogP contribution in [0.5, 0.6) is 0 Å². The first-order valence-corrected chi connectivity index (χ1v) is 3.57. The van der Waals surface area contributed by atoms with E-state index in [0.29, 0.717) is 0 Å². The Hall–Kier alpha value is 1.57. The van der Waals surface area contributed by atoms with Crippen LogP contribution in [0.15, 0.2) is 0 Å². The maximum absolute atomic E-state index is 9.04. The molecule has 6 nitrogen and oxygen atoms in total. The van der Waals surface area contributed by atoms with Crippen molar-refractivity contribution in [2.75, 3.05) is 13.2 Å². The Kier molecular flexibility index (Phi) is 11.5. The quantitative estimate of drug-likeness (QED) is 0.299. The molecular formula is C6H16NO5Rb. The third kappa shape index (κ3) is 5.88. The number of aliphatic hydroxyl groups excluding tert-OH is 5. The van der Waals surface area contributed by atoms with Gasteiger partial charge in [0.2, 0.25) is 0 Å². The molecule has 0 heterocycles. The fourth-order valence-electron chi connectivity index (χ4n) is 0.703. The summed E-state index contributed by atoms with van der Waals surface area (Å²) in [7, 11) is 0. The van der Waals surface area contributed by atoms with Crippen LogP contribution in [0, 0.1) is 0 Å². The van der Waals surface area contributed by atoms with Gasteiger partial charge in [-0.15, -0.1) is 0 Å². The molecule has 0 bridgehead atoms. The Morgan fingerprint density at radius 1 is 0.923 bits per heavy atom. The molecule has 0 aromatic carbocycles. The summed E-state index contributed by atoms with van der Waals surface area (Å²) in [5.41, 5.74) is 4.99. The Bertz CT molecular complexity index is 114. The van der Waals surface area contributed by atoms with E-state index >= 15 is 0 Å². The molecule has 0 radical (unpaired) electrons. The zero-order valence-electron chi connectivity index (χ0n) is 6.54. The van der Waals surface area contributed by atoms with Gasteiger partial charge >= 0.3 is 58.2 Å². The van der Waals surface area contributed by atoms with E-state index in [1.165, 1.54) is 0 Å². The second-order valence-electron chi connectivity index (χ2n) is 2.53. The van der Waals surface area contributed by atoms with Crippen LogP contribution in [0.2, 0.25) is 0 Å². The van der Waals surface area contributed by atoms with Gasteiger partial charge in [0.25, 0.3) is 0 Å². The van der Waals surface area contributed by atoms with E-state index in [2.05, 4.69) is 0 Å². The molecular weight excluding hydrogens is 252 g/mol. The Balaban J connectivity index is 0. The topological polar surface area (TPSA) is 127 Å². The van der Waals surface area contributed by atoms with Gasteiger partial charge in [0.15, 0.2) is 0 Å². The maximum atomic E-state index is 9.04. The monoisotopic (exact) mass is 267 g/mol. The van der Waals surface area contributed by atoms with Crippen molar-refractivity contribution < 1.29 is 25.5 Å². The average Bonchev–Trinajstić information content (AvgIpc) is 2.12. The molecule has 0 saturated heterocycles. The zero-order valence-corrected chi connectivity index (χ0v) is 6.54. The number of hydrogen-bond acceptors (Lipinski definition) is 6. The Labute approximate surface area is 125 Å². The minimum atomic E-state index is -1.59. The van der Waals surface area contributed by atoms with Gasteiger partial charge in [-0.1, -0.05) is 0 Å². The van der Waals surface area contributed by atoms with Crippen LogP contribution in [0.4, 0.5) is 0 Å². The first-order valence-electron chi connectivity index (χ1n) is 3.57. The van der Waals surface area contributed by atoms with Crippen LogP contribution in [-0.2, 0) is 0 Å². The van der Waals surface area contributed by atoms with Gasteiger partial charge in [0.1, 0.15) is 18.3 Å². The summed E-state index contributed by atoms with van der Waals surface area (Å²) in [6.45, 7) is -0.911. The van der Waals surface area contributed by atoms with E-state index in [-0.39, 0.29) is 64.7 Å². The summed E-state index contributed by atoms with van der Waals surface area (Å²) in [5, 5.41) is 44.2. The number of hydrogen-bond donors (Lipinski definition) is 6. The molecule has 7 N–H and O–H groups in total. The Morgan fingerprint density at radius 3 is 1.62 bits per heavy atom. The molecule has 0 fully saturated rings. The second kappa shape index (κ2) is 8.84. The molecule has 0 aromatic rings. The summed E-state index contributed by atoms with van der Waals surface area (Å²) < 4.78 is 0. The second-order valence-corrected chi connectivity index (χ2v) is 2.53. The SMILES string of the molecule is NC[C@H](O)[C@@H](O)[C@H](O)[C@H](O)CO.[RbH]. The average molecular weight is 268 g/mol. The fourth-order valence-corrected chi connectivity index (χ4v) is 0.703. The fraction of sp³-hybridized carbons (Fsp3) is 1.00. The van der Waals surface area contributed by atoms with Crippen LogP contribution in [-0.4, -0.2) is 121 Å². The van der Waals surface area contributed by atoms with Crippen molar-refractivity contribution in [3.63, 3.8) is 0 Å². The zero-order chi connectivity index (χ0) is 9.72. The van der Waals surface area contributed by atoms with E-state index in [1.807, 2.05) is 0 Å². The van der Waals surface area contributed by atoms with E-state index in [1.54, 1.807) is 0 Å². The minimum absolute atomic E-state index is 0. The van der Waals surface area contributed by atoms with Crippen LogP contribution in [0.25, 0.3) is 0 Å². The van der Waals surface area contributed by atoms with Crippen molar-refractivity contribution in [2.24, 2.45) is 5.73 Å². The van der Waals surface area contributed by atoms with E-state index in [9.17, 15) is 0 Å². The normalized spacial score (nSPS) is 19.8. The summed E-state index contributed by atoms with van der Waals surface area (Å²) in [6, 6.07) is 0. The van der Waals surface area contributed by atoms with Crippen LogP contribution in [0.3, 0.4) is 0 Å². The van der Waals surface area contributed by atoms with Gasteiger partial charge in [-0.25, -0.2) is 0 Å². The summed E-state index contributed by atoms with van der Waals surface area (Å²) >= 11 is 0. The molecule has 76 valence electrons. The summed E-state index contributed by atoms with van der Waals surface area (Å²) in [4.78, 5) is 0. The molecule has 0 spiro atoms. The van der Waals surface area contributed by atoms with Gasteiger partial charge < -0.3 is 31.3 Å². The van der Waals surface area contributed by atoms with Crippen molar-refractivity contribution in [3.8, 4) is 0 Å². The van der Waals surface area contributed by atoms with Gasteiger partial charge in [-0.05, 0) is 0 Å². The van der Waals surface area contributed by atoms with Crippen molar-refractivity contribution in [1.29, 1.82) is 0 Å². The van der Waals surface area contributed by atoms with Crippen molar-refractivity contribution in [2.45, 2.75) is 24.4 Å². The third-order valence-electron chi connectivity index (χ3n) is 1.57. The Morgan fingerprint density at radius 2 is 1.31 bits per heavy atom. The molecule has 0 aliphatic heterocycles. The van der Waals surface area contributed by atoms with Crippen molar-refractivity contribution >= 4 is 58.2 Å². The van der Waals surface area contributed by atoms with Gasteiger partial charge in [-0.2, -0.15) is 0 Å². The predicted octanol–water partition coefficient (Wildman–Crippen LogP) is -4.27. The van der Waals surface area contributed by atoms with E-state index in [0.717, 1.165) is 0 Å². The molecule has 0 aliphatic carbocycles. The molecule has 7 heteroatoms. The molecule has 0 unspecified atom stereocenters.